The molecule has 0 saturated carbocycles. The van der Waals surface area contributed by atoms with E-state index in [9.17, 15) is 9.59 Å². The van der Waals surface area contributed by atoms with Gasteiger partial charge in [-0.3, -0.25) is 9.59 Å². The first-order chi connectivity index (χ1) is 6.34. The molecule has 0 radical (unpaired) electrons. The number of aliphatic carboxylic acids is 1. The van der Waals surface area contributed by atoms with Crippen LogP contribution in [-0.4, -0.2) is 39.7 Å². The van der Waals surface area contributed by atoms with E-state index in [0.29, 0.717) is 0 Å². The van der Waals surface area contributed by atoms with Gasteiger partial charge in [0.1, 0.15) is 0 Å². The lowest BCUT2D eigenvalue weighted by atomic mass is 10.0. The van der Waals surface area contributed by atoms with Gasteiger partial charge in [0, 0.05) is 0 Å². The Morgan fingerprint density at radius 1 is 1.29 bits per heavy atom. The Kier molecular flexibility index (Phi) is 5.11. The maximum Gasteiger partial charge on any atom is 0.314 e. The second-order valence-electron chi connectivity index (χ2n) is 2.98. The van der Waals surface area contributed by atoms with E-state index >= 15 is 0 Å². The molecular formula is C8H14O6. The van der Waals surface area contributed by atoms with Crippen LogP contribution in [-0.2, 0) is 14.3 Å². The summed E-state index contributed by atoms with van der Waals surface area (Å²) in [6.07, 6.45) is -2.96. The van der Waals surface area contributed by atoms with Gasteiger partial charge in [-0.05, 0) is 13.8 Å². The molecule has 0 spiro atoms. The SMILES string of the molecule is CC(O)OC(=O)C(CC(=O)O)C(C)O. The van der Waals surface area contributed by atoms with Gasteiger partial charge >= 0.3 is 11.9 Å². The van der Waals surface area contributed by atoms with Crippen molar-refractivity contribution >= 4 is 11.9 Å². The van der Waals surface area contributed by atoms with Crippen molar-refractivity contribution < 1.29 is 29.6 Å². The molecule has 0 bridgehead atoms. The average Bonchev–Trinajstić information content (AvgIpc) is 1.97. The van der Waals surface area contributed by atoms with Crippen LogP contribution in [0, 0.1) is 5.92 Å². The molecule has 0 saturated heterocycles. The van der Waals surface area contributed by atoms with E-state index < -0.39 is 36.7 Å². The topological polar surface area (TPSA) is 104 Å². The molecule has 3 unspecified atom stereocenters. The summed E-state index contributed by atoms with van der Waals surface area (Å²) in [5, 5.41) is 26.2. The summed E-state index contributed by atoms with van der Waals surface area (Å²) < 4.78 is 4.37. The van der Waals surface area contributed by atoms with Crippen molar-refractivity contribution in [3.63, 3.8) is 0 Å². The molecular weight excluding hydrogens is 192 g/mol. The van der Waals surface area contributed by atoms with Crippen LogP contribution in [0.3, 0.4) is 0 Å². The molecule has 0 amide bonds. The van der Waals surface area contributed by atoms with Crippen molar-refractivity contribution in [1.29, 1.82) is 0 Å². The third-order valence-electron chi connectivity index (χ3n) is 1.57. The molecule has 0 aliphatic heterocycles. The number of aliphatic hydroxyl groups is 2. The van der Waals surface area contributed by atoms with Gasteiger partial charge in [0.05, 0.1) is 18.4 Å². The van der Waals surface area contributed by atoms with Crippen molar-refractivity contribution in [1.82, 2.24) is 0 Å². The van der Waals surface area contributed by atoms with E-state index in [1.165, 1.54) is 13.8 Å². The highest BCUT2D eigenvalue weighted by Gasteiger charge is 2.28. The summed E-state index contributed by atoms with van der Waals surface area (Å²) in [5.74, 6) is -3.28. The smallest absolute Gasteiger partial charge is 0.314 e. The van der Waals surface area contributed by atoms with Crippen molar-refractivity contribution in [2.24, 2.45) is 5.92 Å². The maximum absolute atomic E-state index is 11.1. The number of aliphatic hydroxyl groups excluding tert-OH is 2. The predicted octanol–water partition coefficient (Wildman–Crippen LogP) is -0.660. The second kappa shape index (κ2) is 5.56. The summed E-state index contributed by atoms with van der Waals surface area (Å²) in [6, 6.07) is 0. The highest BCUT2D eigenvalue weighted by Crippen LogP contribution is 2.12. The van der Waals surface area contributed by atoms with Crippen LogP contribution in [0.5, 0.6) is 0 Å². The first-order valence-electron chi connectivity index (χ1n) is 4.13. The third-order valence-corrected chi connectivity index (χ3v) is 1.57. The Balaban J connectivity index is 4.33. The first kappa shape index (κ1) is 12.9. The molecule has 0 aromatic rings. The number of carbonyl (C=O) groups is 2. The molecule has 6 heteroatoms. The fourth-order valence-electron chi connectivity index (χ4n) is 0.894. The number of esters is 1. The van der Waals surface area contributed by atoms with Gasteiger partial charge in [-0.15, -0.1) is 0 Å². The average molecular weight is 206 g/mol. The summed E-state index contributed by atoms with van der Waals surface area (Å²) in [7, 11) is 0. The number of rotatable bonds is 5. The predicted molar refractivity (Wildman–Crippen MR) is 45.2 cm³/mol. The monoisotopic (exact) mass is 206 g/mol. The van der Waals surface area contributed by atoms with E-state index in [4.69, 9.17) is 15.3 Å². The van der Waals surface area contributed by atoms with Crippen LogP contribution in [0.4, 0.5) is 0 Å². The minimum Gasteiger partial charge on any atom is -0.481 e. The number of carbonyl (C=O) groups excluding carboxylic acids is 1. The zero-order valence-corrected chi connectivity index (χ0v) is 8.01. The normalized spacial score (nSPS) is 16.9. The summed E-state index contributed by atoms with van der Waals surface area (Å²) in [6.45, 7) is 2.51. The lowest BCUT2D eigenvalue weighted by molar-refractivity contribution is -0.175. The molecule has 82 valence electrons. The minimum atomic E-state index is -1.31. The van der Waals surface area contributed by atoms with Crippen LogP contribution < -0.4 is 0 Å². The molecule has 0 aromatic carbocycles. The molecule has 0 rings (SSSR count). The number of carboxylic acid groups (broad SMARTS) is 1. The van der Waals surface area contributed by atoms with Crippen molar-refractivity contribution in [2.75, 3.05) is 0 Å². The molecule has 3 N–H and O–H groups in total. The van der Waals surface area contributed by atoms with Gasteiger partial charge in [-0.1, -0.05) is 0 Å². The van der Waals surface area contributed by atoms with Crippen molar-refractivity contribution in [2.45, 2.75) is 32.7 Å². The third kappa shape index (κ3) is 4.78. The molecule has 0 aromatic heterocycles. The molecule has 0 aliphatic carbocycles. The quantitative estimate of drug-likeness (QED) is 0.407. The number of carboxylic acids is 1. The number of hydrogen-bond donors (Lipinski definition) is 3. The van der Waals surface area contributed by atoms with Gasteiger partial charge in [0.15, 0.2) is 6.29 Å². The standard InChI is InChI=1S/C8H14O6/c1-4(9)6(3-7(11)12)8(13)14-5(2)10/h4-6,9-10H,3H2,1-2H3,(H,11,12). The van der Waals surface area contributed by atoms with E-state index in [2.05, 4.69) is 4.74 Å². The Labute approximate surface area is 81.1 Å². The highest BCUT2D eigenvalue weighted by molar-refractivity contribution is 5.79. The zero-order valence-electron chi connectivity index (χ0n) is 8.01. The second-order valence-corrected chi connectivity index (χ2v) is 2.98. The van der Waals surface area contributed by atoms with E-state index in [1.807, 2.05) is 0 Å². The minimum absolute atomic E-state index is 0.525. The van der Waals surface area contributed by atoms with Gasteiger partial charge in [0.2, 0.25) is 0 Å². The van der Waals surface area contributed by atoms with Crippen LogP contribution in [0.2, 0.25) is 0 Å². The fourth-order valence-corrected chi connectivity index (χ4v) is 0.894. The van der Waals surface area contributed by atoms with E-state index in [1.54, 1.807) is 0 Å². The molecule has 3 atom stereocenters. The van der Waals surface area contributed by atoms with Crippen LogP contribution in [0.1, 0.15) is 20.3 Å². The molecule has 6 nitrogen and oxygen atoms in total. The number of hydrogen-bond acceptors (Lipinski definition) is 5. The van der Waals surface area contributed by atoms with E-state index in [0.717, 1.165) is 0 Å². The van der Waals surface area contributed by atoms with E-state index in [-0.39, 0.29) is 0 Å². The first-order valence-corrected chi connectivity index (χ1v) is 4.13. The largest absolute Gasteiger partial charge is 0.481 e. The number of ether oxygens (including phenoxy) is 1. The van der Waals surface area contributed by atoms with Crippen molar-refractivity contribution in [3.05, 3.63) is 0 Å². The maximum atomic E-state index is 11.1. The van der Waals surface area contributed by atoms with Gasteiger partial charge in [-0.25, -0.2) is 0 Å². The Hall–Kier alpha value is -1.14. The summed E-state index contributed by atoms with van der Waals surface area (Å²) >= 11 is 0. The molecule has 0 fully saturated rings. The Morgan fingerprint density at radius 2 is 1.79 bits per heavy atom. The van der Waals surface area contributed by atoms with Crippen LogP contribution in [0.25, 0.3) is 0 Å². The van der Waals surface area contributed by atoms with Gasteiger partial charge in [0.25, 0.3) is 0 Å². The lowest BCUT2D eigenvalue weighted by Gasteiger charge is -2.17. The summed E-state index contributed by atoms with van der Waals surface area (Å²) in [4.78, 5) is 21.4. The van der Waals surface area contributed by atoms with Crippen LogP contribution >= 0.6 is 0 Å². The van der Waals surface area contributed by atoms with Crippen LogP contribution in [0.15, 0.2) is 0 Å². The fraction of sp³-hybridized carbons (Fsp3) is 0.750. The van der Waals surface area contributed by atoms with Gasteiger partial charge in [-0.2, -0.15) is 0 Å². The Morgan fingerprint density at radius 3 is 2.07 bits per heavy atom. The zero-order chi connectivity index (χ0) is 11.3. The Bertz CT molecular complexity index is 210. The summed E-state index contributed by atoms with van der Waals surface area (Å²) in [5.41, 5.74) is 0. The van der Waals surface area contributed by atoms with Gasteiger partial charge < -0.3 is 20.1 Å². The molecule has 0 heterocycles. The molecule has 14 heavy (non-hydrogen) atoms. The highest BCUT2D eigenvalue weighted by atomic mass is 16.6. The molecule has 0 aliphatic rings. The van der Waals surface area contributed by atoms with Crippen molar-refractivity contribution in [3.8, 4) is 0 Å². The lowest BCUT2D eigenvalue weighted by Crippen LogP contribution is -2.32.